The number of halogens is 1. The molecule has 2 aromatic rings. The van der Waals surface area contributed by atoms with E-state index in [4.69, 9.17) is 26.7 Å². The van der Waals surface area contributed by atoms with Crippen LogP contribution in [-0.4, -0.2) is 29.8 Å². The standard InChI is InChI=1S/C18H15ClN2O4S/c1-25-16-7-15(14(19)6-13(16)18(23)24)21-17(22)10-26-9-12-4-2-11(8-20)3-5-12/h2-7H,9-10H2,1H3,(H,21,22)(H,23,24). The van der Waals surface area contributed by atoms with Crippen molar-refractivity contribution < 1.29 is 19.4 Å². The fraction of sp³-hybridized carbons (Fsp3) is 0.167. The number of benzene rings is 2. The molecule has 0 aromatic heterocycles. The number of methoxy groups -OCH3 is 1. The lowest BCUT2D eigenvalue weighted by Crippen LogP contribution is -2.15. The molecule has 6 nitrogen and oxygen atoms in total. The van der Waals surface area contributed by atoms with E-state index in [1.807, 2.05) is 12.1 Å². The van der Waals surface area contributed by atoms with Gasteiger partial charge in [0.15, 0.2) is 0 Å². The van der Waals surface area contributed by atoms with Gasteiger partial charge in [0.2, 0.25) is 5.91 Å². The number of nitriles is 1. The van der Waals surface area contributed by atoms with Crippen LogP contribution in [-0.2, 0) is 10.5 Å². The zero-order valence-electron chi connectivity index (χ0n) is 13.8. The number of carboxylic acid groups (broad SMARTS) is 1. The maximum absolute atomic E-state index is 12.1. The fourth-order valence-electron chi connectivity index (χ4n) is 2.11. The Balaban J connectivity index is 1.94. The van der Waals surface area contributed by atoms with E-state index in [0.717, 1.165) is 5.56 Å². The van der Waals surface area contributed by atoms with Crippen LogP contribution in [0.1, 0.15) is 21.5 Å². The highest BCUT2D eigenvalue weighted by Crippen LogP contribution is 2.31. The van der Waals surface area contributed by atoms with Gasteiger partial charge in [0.1, 0.15) is 11.3 Å². The molecule has 0 saturated carbocycles. The summed E-state index contributed by atoms with van der Waals surface area (Å²) in [6.07, 6.45) is 0. The third-order valence-corrected chi connectivity index (χ3v) is 4.70. The Hall–Kier alpha value is -2.69. The first-order chi connectivity index (χ1) is 12.4. The Kier molecular flexibility index (Phi) is 6.89. The smallest absolute Gasteiger partial charge is 0.339 e. The molecule has 26 heavy (non-hydrogen) atoms. The molecule has 0 bridgehead atoms. The number of carboxylic acids is 1. The first kappa shape index (κ1) is 19.6. The number of ether oxygens (including phenoxy) is 1. The maximum atomic E-state index is 12.1. The van der Waals surface area contributed by atoms with Gasteiger partial charge < -0.3 is 15.2 Å². The van der Waals surface area contributed by atoms with Crippen LogP contribution in [0.5, 0.6) is 5.75 Å². The van der Waals surface area contributed by atoms with Crippen LogP contribution in [0, 0.1) is 11.3 Å². The summed E-state index contributed by atoms with van der Waals surface area (Å²) in [5.74, 6) is -0.509. The molecule has 0 saturated heterocycles. The van der Waals surface area contributed by atoms with Crippen molar-refractivity contribution in [2.75, 3.05) is 18.2 Å². The van der Waals surface area contributed by atoms with E-state index in [1.165, 1.54) is 31.0 Å². The van der Waals surface area contributed by atoms with Gasteiger partial charge in [-0.3, -0.25) is 4.79 Å². The van der Waals surface area contributed by atoms with E-state index in [2.05, 4.69) is 11.4 Å². The van der Waals surface area contributed by atoms with Gasteiger partial charge >= 0.3 is 5.97 Å². The second-order valence-corrected chi connectivity index (χ2v) is 6.58. The summed E-state index contributed by atoms with van der Waals surface area (Å²) in [7, 11) is 1.34. The Morgan fingerprint density at radius 3 is 2.58 bits per heavy atom. The van der Waals surface area contributed by atoms with Crippen molar-refractivity contribution in [3.8, 4) is 11.8 Å². The molecule has 0 heterocycles. The lowest BCUT2D eigenvalue weighted by atomic mass is 10.2. The summed E-state index contributed by atoms with van der Waals surface area (Å²) in [4.78, 5) is 23.2. The molecule has 0 fully saturated rings. The molecule has 0 aliphatic carbocycles. The van der Waals surface area contributed by atoms with E-state index < -0.39 is 5.97 Å². The van der Waals surface area contributed by atoms with Crippen LogP contribution in [0.3, 0.4) is 0 Å². The maximum Gasteiger partial charge on any atom is 0.339 e. The number of anilines is 1. The SMILES string of the molecule is COc1cc(NC(=O)CSCc2ccc(C#N)cc2)c(Cl)cc1C(=O)O. The lowest BCUT2D eigenvalue weighted by Gasteiger charge is -2.11. The van der Waals surface area contributed by atoms with Gasteiger partial charge in [-0.1, -0.05) is 23.7 Å². The van der Waals surface area contributed by atoms with E-state index in [0.29, 0.717) is 11.3 Å². The zero-order valence-corrected chi connectivity index (χ0v) is 15.4. The Morgan fingerprint density at radius 1 is 1.31 bits per heavy atom. The molecule has 8 heteroatoms. The van der Waals surface area contributed by atoms with Gasteiger partial charge in [0.25, 0.3) is 0 Å². The van der Waals surface area contributed by atoms with Crippen LogP contribution in [0.15, 0.2) is 36.4 Å². The Labute approximate surface area is 159 Å². The van der Waals surface area contributed by atoms with Gasteiger partial charge in [-0.05, 0) is 23.8 Å². The summed E-state index contributed by atoms with van der Waals surface area (Å²) in [5, 5.41) is 20.6. The number of aromatic carboxylic acids is 1. The van der Waals surface area contributed by atoms with Crippen molar-refractivity contribution in [3.63, 3.8) is 0 Å². The van der Waals surface area contributed by atoms with Gasteiger partial charge in [-0.25, -0.2) is 4.79 Å². The minimum absolute atomic E-state index is 0.0781. The predicted molar refractivity (Wildman–Crippen MR) is 101 cm³/mol. The van der Waals surface area contributed by atoms with Crippen LogP contribution in [0.25, 0.3) is 0 Å². The van der Waals surface area contributed by atoms with Crippen LogP contribution >= 0.6 is 23.4 Å². The van der Waals surface area contributed by atoms with Crippen molar-refractivity contribution in [2.45, 2.75) is 5.75 Å². The molecular weight excluding hydrogens is 376 g/mol. The molecule has 0 aliphatic heterocycles. The second kappa shape index (κ2) is 9.13. The molecule has 1 amide bonds. The highest BCUT2D eigenvalue weighted by Gasteiger charge is 2.16. The number of amides is 1. The monoisotopic (exact) mass is 390 g/mol. The topological polar surface area (TPSA) is 99.4 Å². The number of hydrogen-bond acceptors (Lipinski definition) is 5. The molecule has 0 unspecified atom stereocenters. The highest BCUT2D eigenvalue weighted by atomic mass is 35.5. The average Bonchev–Trinajstić information content (AvgIpc) is 2.63. The van der Waals surface area contributed by atoms with Crippen LogP contribution < -0.4 is 10.1 Å². The Bertz CT molecular complexity index is 863. The van der Waals surface area contributed by atoms with Crippen molar-refractivity contribution in [2.24, 2.45) is 0 Å². The molecule has 2 N–H and O–H groups in total. The van der Waals surface area contributed by atoms with Crippen LogP contribution in [0.2, 0.25) is 5.02 Å². The van der Waals surface area contributed by atoms with E-state index in [1.54, 1.807) is 12.1 Å². The molecule has 0 aliphatic rings. The number of carbonyl (C=O) groups excluding carboxylic acids is 1. The number of hydrogen-bond donors (Lipinski definition) is 2. The Morgan fingerprint density at radius 2 is 2.00 bits per heavy atom. The quantitative estimate of drug-likeness (QED) is 0.746. The van der Waals surface area contributed by atoms with Gasteiger partial charge in [0.05, 0.1) is 35.2 Å². The number of nitrogens with zero attached hydrogens (tertiary/aromatic N) is 1. The fourth-order valence-corrected chi connectivity index (χ4v) is 3.11. The van der Waals surface area contributed by atoms with Crippen molar-refractivity contribution in [1.82, 2.24) is 0 Å². The number of carbonyl (C=O) groups is 2. The third kappa shape index (κ3) is 5.15. The van der Waals surface area contributed by atoms with Gasteiger partial charge in [-0.15, -0.1) is 11.8 Å². The summed E-state index contributed by atoms with van der Waals surface area (Å²) in [6, 6.07) is 11.8. The summed E-state index contributed by atoms with van der Waals surface area (Å²) >= 11 is 7.45. The first-order valence-electron chi connectivity index (χ1n) is 7.42. The van der Waals surface area contributed by atoms with Crippen molar-refractivity contribution >= 4 is 40.9 Å². The average molecular weight is 391 g/mol. The normalized spacial score (nSPS) is 10.0. The summed E-state index contributed by atoms with van der Waals surface area (Å²) in [6.45, 7) is 0. The second-order valence-electron chi connectivity index (χ2n) is 5.19. The highest BCUT2D eigenvalue weighted by molar-refractivity contribution is 7.99. The molecular formula is C18H15ClN2O4S. The zero-order chi connectivity index (χ0) is 19.1. The van der Waals surface area contributed by atoms with Gasteiger partial charge in [0, 0.05) is 11.8 Å². The molecule has 2 aromatic carbocycles. The summed E-state index contributed by atoms with van der Waals surface area (Å²) in [5.41, 5.74) is 1.81. The van der Waals surface area contributed by atoms with Gasteiger partial charge in [-0.2, -0.15) is 5.26 Å². The van der Waals surface area contributed by atoms with E-state index >= 15 is 0 Å². The van der Waals surface area contributed by atoms with E-state index in [9.17, 15) is 9.59 Å². The molecule has 2 rings (SSSR count). The minimum Gasteiger partial charge on any atom is -0.496 e. The first-order valence-corrected chi connectivity index (χ1v) is 8.95. The molecule has 0 atom stereocenters. The van der Waals surface area contributed by atoms with Crippen molar-refractivity contribution in [1.29, 1.82) is 5.26 Å². The molecule has 134 valence electrons. The number of rotatable bonds is 7. The molecule has 0 radical (unpaired) electrons. The number of thioether (sulfide) groups is 1. The summed E-state index contributed by atoms with van der Waals surface area (Å²) < 4.78 is 5.02. The lowest BCUT2D eigenvalue weighted by molar-refractivity contribution is -0.113. The minimum atomic E-state index is -1.17. The largest absolute Gasteiger partial charge is 0.496 e. The number of nitrogens with one attached hydrogen (secondary N) is 1. The van der Waals surface area contributed by atoms with Crippen molar-refractivity contribution in [3.05, 3.63) is 58.1 Å². The van der Waals surface area contributed by atoms with Crippen LogP contribution in [0.4, 0.5) is 5.69 Å². The third-order valence-electron chi connectivity index (χ3n) is 3.38. The van der Waals surface area contributed by atoms with E-state index in [-0.39, 0.29) is 33.7 Å². The predicted octanol–water partition coefficient (Wildman–Crippen LogP) is 3.79. The molecule has 0 spiro atoms.